The zero-order valence-electron chi connectivity index (χ0n) is 22.3. The van der Waals surface area contributed by atoms with Crippen molar-refractivity contribution >= 4 is 51.0 Å². The number of hydrogen-bond donors (Lipinski definition) is 2. The van der Waals surface area contributed by atoms with Gasteiger partial charge in [-0.25, -0.2) is 18.2 Å². The Morgan fingerprint density at radius 1 is 0.952 bits per heavy atom. The normalized spacial score (nSPS) is 11.2. The van der Waals surface area contributed by atoms with E-state index in [-0.39, 0.29) is 17.2 Å². The number of nitrogens with one attached hydrogen (secondary N) is 2. The van der Waals surface area contributed by atoms with Crippen molar-refractivity contribution in [3.63, 3.8) is 0 Å². The fraction of sp³-hybridized carbons (Fsp3) is 0.100. The lowest BCUT2D eigenvalue weighted by molar-refractivity contribution is -0.119. The number of hydrazone groups is 1. The number of carbonyl (C=O) groups excluding carboxylic acids is 2. The van der Waals surface area contributed by atoms with E-state index in [1.807, 2.05) is 6.92 Å². The van der Waals surface area contributed by atoms with Crippen LogP contribution in [0.5, 0.6) is 5.75 Å². The molecule has 216 valence electrons. The number of benzene rings is 4. The molecule has 12 heteroatoms. The van der Waals surface area contributed by atoms with Crippen LogP contribution in [0.25, 0.3) is 0 Å². The third-order valence-electron chi connectivity index (χ3n) is 5.77. The van der Waals surface area contributed by atoms with Gasteiger partial charge in [0.2, 0.25) is 0 Å². The van der Waals surface area contributed by atoms with Crippen molar-refractivity contribution in [2.24, 2.45) is 5.10 Å². The van der Waals surface area contributed by atoms with Crippen molar-refractivity contribution in [2.45, 2.75) is 11.8 Å². The fourth-order valence-corrected chi connectivity index (χ4v) is 5.26. The molecule has 0 aliphatic carbocycles. The zero-order chi connectivity index (χ0) is 30.1. The SMILES string of the molecule is Cc1ccc(S(=O)(=O)N(CC(=O)N/N=C\c2ccc(OCC(=O)Nc3ccc(F)cc3)cc2)c2cccc(Cl)c2)cc1. The van der Waals surface area contributed by atoms with Crippen LogP contribution in [0.15, 0.2) is 107 Å². The van der Waals surface area contributed by atoms with E-state index in [1.165, 1.54) is 48.7 Å². The van der Waals surface area contributed by atoms with Crippen molar-refractivity contribution < 1.29 is 27.1 Å². The summed E-state index contributed by atoms with van der Waals surface area (Å²) in [5, 5.41) is 6.84. The average molecular weight is 609 g/mol. The monoisotopic (exact) mass is 608 g/mol. The topological polar surface area (TPSA) is 117 Å². The van der Waals surface area contributed by atoms with Gasteiger partial charge in [0.25, 0.3) is 21.8 Å². The maximum Gasteiger partial charge on any atom is 0.264 e. The lowest BCUT2D eigenvalue weighted by atomic mass is 10.2. The molecule has 0 saturated heterocycles. The lowest BCUT2D eigenvalue weighted by Crippen LogP contribution is -2.39. The Morgan fingerprint density at radius 2 is 1.64 bits per heavy atom. The first-order valence-corrected chi connectivity index (χ1v) is 14.4. The summed E-state index contributed by atoms with van der Waals surface area (Å²) in [5.74, 6) is -1.07. The molecule has 0 aliphatic rings. The van der Waals surface area contributed by atoms with Crippen molar-refractivity contribution in [3.05, 3.63) is 119 Å². The summed E-state index contributed by atoms with van der Waals surface area (Å²) in [4.78, 5) is 24.8. The molecule has 0 saturated carbocycles. The fourth-order valence-electron chi connectivity index (χ4n) is 3.66. The molecule has 0 aromatic heterocycles. The largest absolute Gasteiger partial charge is 0.484 e. The summed E-state index contributed by atoms with van der Waals surface area (Å²) in [6.07, 6.45) is 1.38. The maximum absolute atomic E-state index is 13.4. The third-order valence-corrected chi connectivity index (χ3v) is 7.80. The van der Waals surface area contributed by atoms with Crippen LogP contribution in [0.1, 0.15) is 11.1 Å². The maximum atomic E-state index is 13.4. The molecule has 0 fully saturated rings. The molecule has 0 atom stereocenters. The van der Waals surface area contributed by atoms with Crippen LogP contribution >= 0.6 is 11.6 Å². The van der Waals surface area contributed by atoms with Gasteiger partial charge in [-0.05, 0) is 91.3 Å². The first-order chi connectivity index (χ1) is 20.1. The third kappa shape index (κ3) is 8.38. The van der Waals surface area contributed by atoms with Gasteiger partial charge in [0.1, 0.15) is 18.1 Å². The van der Waals surface area contributed by atoms with Gasteiger partial charge < -0.3 is 10.1 Å². The summed E-state index contributed by atoms with van der Waals surface area (Å²) in [5.41, 5.74) is 4.52. The van der Waals surface area contributed by atoms with Crippen LogP contribution < -0.4 is 19.8 Å². The van der Waals surface area contributed by atoms with E-state index in [0.29, 0.717) is 22.0 Å². The Balaban J connectivity index is 1.35. The Kier molecular flexibility index (Phi) is 9.89. The van der Waals surface area contributed by atoms with Crippen molar-refractivity contribution in [2.75, 3.05) is 22.8 Å². The van der Waals surface area contributed by atoms with Crippen LogP contribution in [0.4, 0.5) is 15.8 Å². The molecule has 2 amide bonds. The van der Waals surface area contributed by atoms with E-state index >= 15 is 0 Å². The van der Waals surface area contributed by atoms with Crippen molar-refractivity contribution in [3.8, 4) is 5.75 Å². The van der Waals surface area contributed by atoms with Gasteiger partial charge in [-0.1, -0.05) is 35.4 Å². The highest BCUT2D eigenvalue weighted by molar-refractivity contribution is 7.92. The van der Waals surface area contributed by atoms with Crippen molar-refractivity contribution in [1.29, 1.82) is 0 Å². The van der Waals surface area contributed by atoms with Gasteiger partial charge in [-0.15, -0.1) is 0 Å². The summed E-state index contributed by atoms with van der Waals surface area (Å²) in [6.45, 7) is 1.05. The molecule has 4 rings (SSSR count). The first kappa shape index (κ1) is 30.2. The van der Waals surface area contributed by atoms with Gasteiger partial charge in [0.05, 0.1) is 16.8 Å². The highest BCUT2D eigenvalue weighted by Gasteiger charge is 2.27. The molecule has 4 aromatic carbocycles. The van der Waals surface area contributed by atoms with Crippen LogP contribution in [0, 0.1) is 12.7 Å². The number of nitrogens with zero attached hydrogens (tertiary/aromatic N) is 2. The molecule has 0 aliphatic heterocycles. The zero-order valence-corrected chi connectivity index (χ0v) is 23.9. The summed E-state index contributed by atoms with van der Waals surface area (Å²) in [7, 11) is -4.09. The Morgan fingerprint density at radius 3 is 2.31 bits per heavy atom. The van der Waals surface area contributed by atoms with E-state index in [1.54, 1.807) is 54.6 Å². The van der Waals surface area contributed by atoms with E-state index in [2.05, 4.69) is 15.8 Å². The van der Waals surface area contributed by atoms with E-state index in [0.717, 1.165) is 9.87 Å². The predicted molar refractivity (Wildman–Crippen MR) is 160 cm³/mol. The highest BCUT2D eigenvalue weighted by atomic mass is 35.5. The molecule has 4 aromatic rings. The molecular formula is C30H26ClFN4O5S. The van der Waals surface area contributed by atoms with E-state index < -0.39 is 34.2 Å². The number of halogens is 2. The number of sulfonamides is 1. The average Bonchev–Trinajstić information content (AvgIpc) is 2.97. The van der Waals surface area contributed by atoms with E-state index in [9.17, 15) is 22.4 Å². The molecular weight excluding hydrogens is 583 g/mol. The number of anilines is 2. The summed E-state index contributed by atoms with van der Waals surface area (Å²) in [6, 6.07) is 24.4. The Hall–Kier alpha value is -4.74. The van der Waals surface area contributed by atoms with Crippen LogP contribution in [0.2, 0.25) is 5.02 Å². The Labute approximate surface area is 247 Å². The molecule has 0 radical (unpaired) electrons. The van der Waals surface area contributed by atoms with Gasteiger partial charge in [0, 0.05) is 10.7 Å². The number of amides is 2. The second-order valence-electron chi connectivity index (χ2n) is 9.01. The quantitative estimate of drug-likeness (QED) is 0.180. The van der Waals surface area contributed by atoms with Gasteiger partial charge in [-0.3, -0.25) is 13.9 Å². The Bertz CT molecular complexity index is 1680. The van der Waals surface area contributed by atoms with Gasteiger partial charge >= 0.3 is 0 Å². The molecule has 9 nitrogen and oxygen atoms in total. The van der Waals surface area contributed by atoms with Crippen LogP contribution in [-0.4, -0.2) is 39.6 Å². The summed E-state index contributed by atoms with van der Waals surface area (Å²) >= 11 is 6.09. The second-order valence-corrected chi connectivity index (χ2v) is 11.3. The molecule has 42 heavy (non-hydrogen) atoms. The van der Waals surface area contributed by atoms with E-state index in [4.69, 9.17) is 16.3 Å². The molecule has 0 heterocycles. The number of aryl methyl sites for hydroxylation is 1. The van der Waals surface area contributed by atoms with Gasteiger partial charge in [0.15, 0.2) is 6.61 Å². The van der Waals surface area contributed by atoms with Crippen LogP contribution in [0.3, 0.4) is 0 Å². The molecule has 2 N–H and O–H groups in total. The number of rotatable bonds is 11. The first-order valence-electron chi connectivity index (χ1n) is 12.6. The number of hydrogen-bond acceptors (Lipinski definition) is 6. The minimum atomic E-state index is -4.09. The number of carbonyl (C=O) groups is 2. The minimum Gasteiger partial charge on any atom is -0.484 e. The highest BCUT2D eigenvalue weighted by Crippen LogP contribution is 2.26. The summed E-state index contributed by atoms with van der Waals surface area (Å²) < 4.78 is 46.3. The molecule has 0 bridgehead atoms. The van der Waals surface area contributed by atoms with Crippen molar-refractivity contribution in [1.82, 2.24) is 5.43 Å². The van der Waals surface area contributed by atoms with Crippen LogP contribution in [-0.2, 0) is 19.6 Å². The second kappa shape index (κ2) is 13.7. The standard InChI is InChI=1S/C30H26ClFN4O5S/c1-21-5-15-28(16-6-21)42(39,40)36(26-4-2-3-23(31)17-26)19-29(37)35-33-18-22-7-13-27(14-8-22)41-20-30(38)34-25-11-9-24(32)10-12-25/h2-18H,19-20H2,1H3,(H,34,38)(H,35,37)/b33-18-. The smallest absolute Gasteiger partial charge is 0.264 e. The lowest BCUT2D eigenvalue weighted by Gasteiger charge is -2.24. The predicted octanol–water partition coefficient (Wildman–Crippen LogP) is 5.15. The molecule has 0 spiro atoms. The molecule has 0 unspecified atom stereocenters. The van der Waals surface area contributed by atoms with Gasteiger partial charge in [-0.2, -0.15) is 5.10 Å². The minimum absolute atomic E-state index is 0.0274. The number of ether oxygens (including phenoxy) is 1.